The summed E-state index contributed by atoms with van der Waals surface area (Å²) < 4.78 is 0. The minimum absolute atomic E-state index is 0.0165. The van der Waals surface area contributed by atoms with Crippen LogP contribution in [0.15, 0.2) is 41.8 Å². The molecule has 0 N–H and O–H groups in total. The number of amides is 1. The van der Waals surface area contributed by atoms with E-state index in [0.29, 0.717) is 29.8 Å². The van der Waals surface area contributed by atoms with Gasteiger partial charge in [-0.05, 0) is 30.0 Å². The molecule has 1 amide bonds. The van der Waals surface area contributed by atoms with Crippen LogP contribution in [0.1, 0.15) is 32.9 Å². The number of benzene rings is 1. The van der Waals surface area contributed by atoms with Gasteiger partial charge in [0.05, 0.1) is 10.6 Å². The number of hydrogen-bond acceptors (Lipinski definition) is 3. The van der Waals surface area contributed by atoms with E-state index >= 15 is 0 Å². The number of Topliss-reactive ketones (excluding diaryl/α,β-unsaturated/α-hetero) is 1. The first-order chi connectivity index (χ1) is 9.27. The monoisotopic (exact) mass is 271 g/mol. The second-order valence-electron chi connectivity index (χ2n) is 4.48. The Labute approximate surface area is 115 Å². The fourth-order valence-corrected chi connectivity index (χ4v) is 3.01. The van der Waals surface area contributed by atoms with Crippen LogP contribution in [0.2, 0.25) is 0 Å². The van der Waals surface area contributed by atoms with Crippen molar-refractivity contribution in [3.05, 3.63) is 52.2 Å². The molecule has 0 unspecified atom stereocenters. The van der Waals surface area contributed by atoms with Gasteiger partial charge in [0.2, 0.25) is 0 Å². The van der Waals surface area contributed by atoms with Gasteiger partial charge in [0.1, 0.15) is 0 Å². The lowest BCUT2D eigenvalue weighted by atomic mass is 10.1. The summed E-state index contributed by atoms with van der Waals surface area (Å²) in [6, 6.07) is 11.1. The van der Waals surface area contributed by atoms with Gasteiger partial charge in [0.25, 0.3) is 5.91 Å². The van der Waals surface area contributed by atoms with Crippen LogP contribution >= 0.6 is 11.3 Å². The maximum Gasteiger partial charge on any atom is 0.268 e. The highest BCUT2D eigenvalue weighted by atomic mass is 32.1. The number of carbonyl (C=O) groups excluding carboxylic acids is 2. The van der Waals surface area contributed by atoms with Crippen molar-refractivity contribution in [2.24, 2.45) is 0 Å². The van der Waals surface area contributed by atoms with E-state index in [1.807, 2.05) is 35.7 Å². The Hall–Kier alpha value is -1.94. The van der Waals surface area contributed by atoms with E-state index in [4.69, 9.17) is 0 Å². The Morgan fingerprint density at radius 1 is 1.16 bits per heavy atom. The predicted molar refractivity (Wildman–Crippen MR) is 76.0 cm³/mol. The van der Waals surface area contributed by atoms with Gasteiger partial charge in [-0.2, -0.15) is 0 Å². The first kappa shape index (κ1) is 12.1. The maximum atomic E-state index is 12.5. The van der Waals surface area contributed by atoms with Crippen LogP contribution in [0.3, 0.4) is 0 Å². The first-order valence-electron chi connectivity index (χ1n) is 6.25. The summed E-state index contributed by atoms with van der Waals surface area (Å²) >= 11 is 1.43. The molecule has 0 spiro atoms. The third-order valence-electron chi connectivity index (χ3n) is 3.26. The molecular formula is C15H13NO2S. The highest BCUT2D eigenvalue weighted by molar-refractivity contribution is 7.12. The molecule has 0 atom stereocenters. The Morgan fingerprint density at radius 2 is 2.00 bits per heavy atom. The van der Waals surface area contributed by atoms with Crippen molar-refractivity contribution in [3.8, 4) is 0 Å². The van der Waals surface area contributed by atoms with Crippen LogP contribution in [0, 0.1) is 0 Å². The fraction of sp³-hybridized carbons (Fsp3) is 0.200. The Balaban J connectivity index is 2.04. The molecule has 96 valence electrons. The first-order valence-corrected chi connectivity index (χ1v) is 7.13. The minimum atomic E-state index is -0.0165. The van der Waals surface area contributed by atoms with E-state index in [0.717, 1.165) is 5.69 Å². The third kappa shape index (κ3) is 2.19. The van der Waals surface area contributed by atoms with Gasteiger partial charge in [-0.15, -0.1) is 11.3 Å². The third-order valence-corrected chi connectivity index (χ3v) is 4.12. The number of para-hydroxylation sites is 1. The second-order valence-corrected chi connectivity index (χ2v) is 5.43. The van der Waals surface area contributed by atoms with E-state index in [1.54, 1.807) is 11.0 Å². The van der Waals surface area contributed by atoms with E-state index < -0.39 is 0 Å². The number of hydrogen-bond donors (Lipinski definition) is 0. The predicted octanol–water partition coefficient (Wildman–Crippen LogP) is 3.37. The SMILES string of the molecule is O=C1CCCN(C(=O)c2cccs2)c2ccccc21. The van der Waals surface area contributed by atoms with Crippen molar-refractivity contribution in [3.63, 3.8) is 0 Å². The molecule has 1 aliphatic heterocycles. The van der Waals surface area contributed by atoms with Gasteiger partial charge in [-0.3, -0.25) is 9.59 Å². The second kappa shape index (κ2) is 4.97. The van der Waals surface area contributed by atoms with Gasteiger partial charge in [-0.25, -0.2) is 0 Å². The molecule has 0 radical (unpaired) electrons. The molecule has 0 saturated heterocycles. The number of thiophene rings is 1. The van der Waals surface area contributed by atoms with Gasteiger partial charge < -0.3 is 4.90 Å². The quantitative estimate of drug-likeness (QED) is 0.797. The van der Waals surface area contributed by atoms with Crippen LogP contribution in [-0.2, 0) is 0 Å². The van der Waals surface area contributed by atoms with Crippen molar-refractivity contribution >= 4 is 28.7 Å². The standard InChI is InChI=1S/C15H13NO2S/c17-13-7-3-9-16(12-6-2-1-5-11(12)13)15(18)14-8-4-10-19-14/h1-2,4-6,8,10H,3,7,9H2. The zero-order valence-corrected chi connectivity index (χ0v) is 11.2. The molecule has 1 aromatic carbocycles. The minimum Gasteiger partial charge on any atom is -0.307 e. The summed E-state index contributed by atoms with van der Waals surface area (Å²) in [4.78, 5) is 27.0. The average Bonchev–Trinajstić information content (AvgIpc) is 2.91. The highest BCUT2D eigenvalue weighted by Crippen LogP contribution is 2.28. The number of carbonyl (C=O) groups is 2. The van der Waals surface area contributed by atoms with Crippen molar-refractivity contribution < 1.29 is 9.59 Å². The highest BCUT2D eigenvalue weighted by Gasteiger charge is 2.25. The lowest BCUT2D eigenvalue weighted by Crippen LogP contribution is -2.31. The Morgan fingerprint density at radius 3 is 2.79 bits per heavy atom. The molecule has 1 aliphatic rings. The molecule has 19 heavy (non-hydrogen) atoms. The smallest absolute Gasteiger partial charge is 0.268 e. The molecule has 1 aromatic heterocycles. The number of rotatable bonds is 1. The molecule has 0 aliphatic carbocycles. The molecule has 0 bridgehead atoms. The lowest BCUT2D eigenvalue weighted by molar-refractivity contribution is 0.0975. The molecule has 2 aromatic rings. The van der Waals surface area contributed by atoms with E-state index in [9.17, 15) is 9.59 Å². The molecule has 2 heterocycles. The average molecular weight is 271 g/mol. The Bertz CT molecular complexity index is 619. The van der Waals surface area contributed by atoms with Crippen LogP contribution in [0.25, 0.3) is 0 Å². The van der Waals surface area contributed by atoms with Crippen LogP contribution in [-0.4, -0.2) is 18.2 Å². The van der Waals surface area contributed by atoms with E-state index in [1.165, 1.54) is 11.3 Å². The zero-order chi connectivity index (χ0) is 13.2. The molecule has 0 saturated carbocycles. The molecular weight excluding hydrogens is 258 g/mol. The van der Waals surface area contributed by atoms with Crippen LogP contribution in [0.4, 0.5) is 5.69 Å². The summed E-state index contributed by atoms with van der Waals surface area (Å²) in [5, 5.41) is 1.89. The molecule has 3 nitrogen and oxygen atoms in total. The van der Waals surface area contributed by atoms with Crippen molar-refractivity contribution in [1.29, 1.82) is 0 Å². The van der Waals surface area contributed by atoms with Gasteiger partial charge in [-0.1, -0.05) is 18.2 Å². The van der Waals surface area contributed by atoms with E-state index in [2.05, 4.69) is 0 Å². The van der Waals surface area contributed by atoms with Crippen molar-refractivity contribution in [2.75, 3.05) is 11.4 Å². The summed E-state index contributed by atoms with van der Waals surface area (Å²) in [5.41, 5.74) is 1.40. The normalized spacial score (nSPS) is 14.9. The number of anilines is 1. The molecule has 4 heteroatoms. The van der Waals surface area contributed by atoms with Crippen molar-refractivity contribution in [1.82, 2.24) is 0 Å². The lowest BCUT2D eigenvalue weighted by Gasteiger charge is -2.21. The van der Waals surface area contributed by atoms with Crippen molar-refractivity contribution in [2.45, 2.75) is 12.8 Å². The number of ketones is 1. The molecule has 3 rings (SSSR count). The number of fused-ring (bicyclic) bond motifs is 1. The molecule has 0 fully saturated rings. The van der Waals surface area contributed by atoms with Crippen LogP contribution in [0.5, 0.6) is 0 Å². The van der Waals surface area contributed by atoms with E-state index in [-0.39, 0.29) is 11.7 Å². The van der Waals surface area contributed by atoms with Gasteiger partial charge in [0.15, 0.2) is 5.78 Å². The van der Waals surface area contributed by atoms with Crippen LogP contribution < -0.4 is 4.90 Å². The fourth-order valence-electron chi connectivity index (χ4n) is 2.34. The zero-order valence-electron chi connectivity index (χ0n) is 10.3. The summed E-state index contributed by atoms with van der Waals surface area (Å²) in [6.45, 7) is 0.597. The Kier molecular flexibility index (Phi) is 3.17. The maximum absolute atomic E-state index is 12.5. The van der Waals surface area contributed by atoms with Gasteiger partial charge in [0, 0.05) is 18.5 Å². The summed E-state index contributed by atoms with van der Waals surface area (Å²) in [5.74, 6) is 0.106. The summed E-state index contributed by atoms with van der Waals surface area (Å²) in [6.07, 6.45) is 1.22. The summed E-state index contributed by atoms with van der Waals surface area (Å²) in [7, 11) is 0. The largest absolute Gasteiger partial charge is 0.307 e. The number of nitrogens with zero attached hydrogens (tertiary/aromatic N) is 1. The topological polar surface area (TPSA) is 37.4 Å². The van der Waals surface area contributed by atoms with Gasteiger partial charge >= 0.3 is 0 Å².